The minimum atomic E-state index is -0.0918. The van der Waals surface area contributed by atoms with Gasteiger partial charge in [0.1, 0.15) is 10.8 Å². The largest absolute Gasteiger partial charge is 0.507 e. The lowest BCUT2D eigenvalue weighted by Gasteiger charge is -2.34. The van der Waals surface area contributed by atoms with Crippen molar-refractivity contribution in [3.63, 3.8) is 0 Å². The number of hydrogen-bond donors (Lipinski definition) is 1. The van der Waals surface area contributed by atoms with Gasteiger partial charge in [0.2, 0.25) is 0 Å². The molecule has 0 bridgehead atoms. The number of amides is 1. The van der Waals surface area contributed by atoms with E-state index >= 15 is 0 Å². The highest BCUT2D eigenvalue weighted by molar-refractivity contribution is 7.18. The number of hydrogen-bond acceptors (Lipinski definition) is 5. The Morgan fingerprint density at radius 3 is 2.69 bits per heavy atom. The number of carbonyl (C=O) groups is 1. The molecule has 0 unspecified atom stereocenters. The molecule has 6 heteroatoms. The summed E-state index contributed by atoms with van der Waals surface area (Å²) >= 11 is 1.73. The summed E-state index contributed by atoms with van der Waals surface area (Å²) in [6.45, 7) is 5.69. The third-order valence-electron chi connectivity index (χ3n) is 4.74. The topological polar surface area (TPSA) is 56.7 Å². The highest BCUT2D eigenvalue weighted by Gasteiger charge is 2.24. The molecular formula is C20H21N3O2S. The van der Waals surface area contributed by atoms with Crippen molar-refractivity contribution in [3.05, 3.63) is 58.6 Å². The molecule has 0 aliphatic carbocycles. The Morgan fingerprint density at radius 2 is 1.92 bits per heavy atom. The van der Waals surface area contributed by atoms with Crippen molar-refractivity contribution in [1.82, 2.24) is 14.8 Å². The number of rotatable bonds is 3. The second-order valence-electron chi connectivity index (χ2n) is 6.66. The van der Waals surface area contributed by atoms with Gasteiger partial charge in [-0.25, -0.2) is 4.98 Å². The van der Waals surface area contributed by atoms with Gasteiger partial charge in [-0.15, -0.1) is 11.3 Å². The van der Waals surface area contributed by atoms with Crippen molar-refractivity contribution in [1.29, 1.82) is 0 Å². The Kier molecular flexibility index (Phi) is 4.61. The molecule has 0 atom stereocenters. The Hall–Kier alpha value is -2.44. The van der Waals surface area contributed by atoms with E-state index in [4.69, 9.17) is 4.98 Å². The molecule has 0 spiro atoms. The van der Waals surface area contributed by atoms with E-state index in [0.29, 0.717) is 18.7 Å². The molecule has 0 saturated carbocycles. The fourth-order valence-electron chi connectivity index (χ4n) is 3.28. The van der Waals surface area contributed by atoms with Gasteiger partial charge in [0.05, 0.1) is 22.3 Å². The van der Waals surface area contributed by atoms with E-state index in [1.165, 1.54) is 4.70 Å². The third kappa shape index (κ3) is 3.43. The van der Waals surface area contributed by atoms with Crippen LogP contribution in [-0.2, 0) is 6.54 Å². The average molecular weight is 367 g/mol. The van der Waals surface area contributed by atoms with Crippen LogP contribution in [0.25, 0.3) is 10.2 Å². The zero-order valence-corrected chi connectivity index (χ0v) is 15.5. The predicted octanol–water partition coefficient (Wildman–Crippen LogP) is 3.27. The number of piperazine rings is 1. The number of para-hydroxylation sites is 1. The number of aromatic hydroxyl groups is 1. The van der Waals surface area contributed by atoms with Crippen molar-refractivity contribution in [2.24, 2.45) is 0 Å². The van der Waals surface area contributed by atoms with Gasteiger partial charge in [-0.05, 0) is 31.2 Å². The van der Waals surface area contributed by atoms with Crippen LogP contribution in [-0.4, -0.2) is 52.0 Å². The minimum absolute atomic E-state index is 0.0532. The number of aryl methyl sites for hydroxylation is 1. The van der Waals surface area contributed by atoms with Crippen molar-refractivity contribution in [3.8, 4) is 5.75 Å². The molecule has 134 valence electrons. The van der Waals surface area contributed by atoms with Crippen molar-refractivity contribution in [2.75, 3.05) is 26.2 Å². The summed E-state index contributed by atoms with van der Waals surface area (Å²) in [5.74, 6) is -0.0386. The van der Waals surface area contributed by atoms with Crippen LogP contribution >= 0.6 is 11.3 Å². The standard InChI is InChI=1S/C20H21N3O2S/c1-14-6-7-17(24)15(12-14)20(25)23-10-8-22(9-11-23)13-19-21-16-4-2-3-5-18(16)26-19/h2-7,12,24H,8-11,13H2,1H3. The van der Waals surface area contributed by atoms with Gasteiger partial charge < -0.3 is 10.0 Å². The lowest BCUT2D eigenvalue weighted by Crippen LogP contribution is -2.48. The maximum atomic E-state index is 12.7. The maximum absolute atomic E-state index is 12.7. The first kappa shape index (κ1) is 17.0. The second-order valence-corrected chi connectivity index (χ2v) is 7.78. The lowest BCUT2D eigenvalue weighted by molar-refractivity contribution is 0.0625. The van der Waals surface area contributed by atoms with Gasteiger partial charge in [-0.2, -0.15) is 0 Å². The number of phenolic OH excluding ortho intramolecular Hbond substituents is 1. The number of carbonyl (C=O) groups excluding carboxylic acids is 1. The number of nitrogens with zero attached hydrogens (tertiary/aromatic N) is 3. The third-order valence-corrected chi connectivity index (χ3v) is 5.76. The van der Waals surface area contributed by atoms with E-state index in [9.17, 15) is 9.90 Å². The molecule has 26 heavy (non-hydrogen) atoms. The van der Waals surface area contributed by atoms with Crippen LogP contribution < -0.4 is 0 Å². The zero-order valence-electron chi connectivity index (χ0n) is 14.7. The van der Waals surface area contributed by atoms with Gasteiger partial charge in [-0.3, -0.25) is 9.69 Å². The molecule has 3 aromatic rings. The summed E-state index contributed by atoms with van der Waals surface area (Å²) in [5.41, 5.74) is 2.42. The maximum Gasteiger partial charge on any atom is 0.257 e. The van der Waals surface area contributed by atoms with E-state index in [0.717, 1.165) is 35.7 Å². The summed E-state index contributed by atoms with van der Waals surface area (Å²) < 4.78 is 1.21. The summed E-state index contributed by atoms with van der Waals surface area (Å²) in [7, 11) is 0. The van der Waals surface area contributed by atoms with Gasteiger partial charge >= 0.3 is 0 Å². The van der Waals surface area contributed by atoms with E-state index < -0.39 is 0 Å². The minimum Gasteiger partial charge on any atom is -0.507 e. The van der Waals surface area contributed by atoms with Gasteiger partial charge in [-0.1, -0.05) is 23.8 Å². The van der Waals surface area contributed by atoms with Crippen LogP contribution in [0.2, 0.25) is 0 Å². The molecular weight excluding hydrogens is 346 g/mol. The van der Waals surface area contributed by atoms with Gasteiger partial charge in [0.15, 0.2) is 0 Å². The quantitative estimate of drug-likeness (QED) is 0.772. The van der Waals surface area contributed by atoms with Crippen molar-refractivity contribution < 1.29 is 9.90 Å². The molecule has 2 aromatic carbocycles. The zero-order chi connectivity index (χ0) is 18.1. The summed E-state index contributed by atoms with van der Waals surface area (Å²) in [5, 5.41) is 11.1. The highest BCUT2D eigenvalue weighted by atomic mass is 32.1. The molecule has 2 heterocycles. The van der Waals surface area contributed by atoms with E-state index in [2.05, 4.69) is 11.0 Å². The first-order chi connectivity index (χ1) is 12.6. The number of fused-ring (bicyclic) bond motifs is 1. The molecule has 1 aliphatic rings. The van der Waals surface area contributed by atoms with Crippen LogP contribution in [0.1, 0.15) is 20.9 Å². The SMILES string of the molecule is Cc1ccc(O)c(C(=O)N2CCN(Cc3nc4ccccc4s3)CC2)c1. The molecule has 1 aromatic heterocycles. The summed E-state index contributed by atoms with van der Waals surface area (Å²) in [6.07, 6.45) is 0. The summed E-state index contributed by atoms with van der Waals surface area (Å²) in [4.78, 5) is 21.5. The molecule has 1 aliphatic heterocycles. The Labute approximate surface area is 156 Å². The van der Waals surface area contributed by atoms with Gasteiger partial charge in [0, 0.05) is 26.2 Å². The van der Waals surface area contributed by atoms with Crippen LogP contribution in [0.4, 0.5) is 0 Å². The Morgan fingerprint density at radius 1 is 1.15 bits per heavy atom. The van der Waals surface area contributed by atoms with Crippen LogP contribution in [0.15, 0.2) is 42.5 Å². The van der Waals surface area contributed by atoms with Crippen molar-refractivity contribution in [2.45, 2.75) is 13.5 Å². The lowest BCUT2D eigenvalue weighted by atomic mass is 10.1. The van der Waals surface area contributed by atoms with Crippen LogP contribution in [0.5, 0.6) is 5.75 Å². The fraction of sp³-hybridized carbons (Fsp3) is 0.300. The monoisotopic (exact) mass is 367 g/mol. The predicted molar refractivity (Wildman–Crippen MR) is 104 cm³/mol. The van der Waals surface area contributed by atoms with Crippen molar-refractivity contribution >= 4 is 27.5 Å². The number of thiazole rings is 1. The molecule has 0 radical (unpaired) electrons. The fourth-order valence-corrected chi connectivity index (χ4v) is 4.29. The molecule has 4 rings (SSSR count). The molecule has 1 amide bonds. The number of benzene rings is 2. The second kappa shape index (κ2) is 7.05. The van der Waals surface area contributed by atoms with Gasteiger partial charge in [0.25, 0.3) is 5.91 Å². The molecule has 5 nitrogen and oxygen atoms in total. The number of phenols is 1. The molecule has 1 N–H and O–H groups in total. The Balaban J connectivity index is 1.39. The van der Waals surface area contributed by atoms with Crippen LogP contribution in [0, 0.1) is 6.92 Å². The highest BCUT2D eigenvalue weighted by Crippen LogP contribution is 2.24. The average Bonchev–Trinajstić information content (AvgIpc) is 3.06. The molecule has 1 fully saturated rings. The smallest absolute Gasteiger partial charge is 0.257 e. The Bertz CT molecular complexity index is 912. The van der Waals surface area contributed by atoms with E-state index in [-0.39, 0.29) is 11.7 Å². The van der Waals surface area contributed by atoms with Crippen LogP contribution in [0.3, 0.4) is 0 Å². The first-order valence-electron chi connectivity index (χ1n) is 8.76. The first-order valence-corrected chi connectivity index (χ1v) is 9.57. The van der Waals surface area contributed by atoms with E-state index in [1.54, 1.807) is 23.5 Å². The molecule has 1 saturated heterocycles. The summed E-state index contributed by atoms with van der Waals surface area (Å²) in [6, 6.07) is 13.3. The van der Waals surface area contributed by atoms with E-state index in [1.807, 2.05) is 36.1 Å². The number of aromatic nitrogens is 1. The normalized spacial score (nSPS) is 15.5.